The maximum atomic E-state index is 13.0. The lowest BCUT2D eigenvalue weighted by Crippen LogP contribution is -2.55. The summed E-state index contributed by atoms with van der Waals surface area (Å²) in [7, 11) is 0. The smallest absolute Gasteiger partial charge is 0.323 e. The monoisotopic (exact) mass is 430 g/mol. The van der Waals surface area contributed by atoms with Gasteiger partial charge in [0.05, 0.1) is 5.56 Å². The molecule has 0 saturated carbocycles. The Morgan fingerprint density at radius 2 is 1.97 bits per heavy atom. The molecule has 9 nitrogen and oxygen atoms in total. The van der Waals surface area contributed by atoms with Crippen LogP contribution in [0.15, 0.2) is 42.6 Å². The molecule has 1 aromatic carbocycles. The van der Waals surface area contributed by atoms with Gasteiger partial charge in [-0.05, 0) is 36.8 Å². The second kappa shape index (κ2) is 9.55. The number of nitrogens with zero attached hydrogens (tertiary/aromatic N) is 3. The van der Waals surface area contributed by atoms with E-state index in [1.54, 1.807) is 6.07 Å². The van der Waals surface area contributed by atoms with Crippen LogP contribution in [0.2, 0.25) is 5.15 Å². The van der Waals surface area contributed by atoms with Gasteiger partial charge in [0.1, 0.15) is 5.15 Å². The molecule has 3 rings (SSSR count). The van der Waals surface area contributed by atoms with Crippen molar-refractivity contribution in [2.75, 3.05) is 31.5 Å². The molecular formula is C20H23ClN6O3. The molecule has 158 valence electrons. The first kappa shape index (κ1) is 21.5. The molecule has 10 heteroatoms. The molecule has 1 aromatic heterocycles. The Labute approximate surface area is 179 Å². The maximum Gasteiger partial charge on any atom is 0.323 e. The van der Waals surface area contributed by atoms with Crippen molar-refractivity contribution in [3.8, 4) is 0 Å². The Bertz CT molecular complexity index is 936. The van der Waals surface area contributed by atoms with Crippen LogP contribution >= 0.6 is 11.6 Å². The van der Waals surface area contributed by atoms with E-state index in [-0.39, 0.29) is 36.9 Å². The predicted octanol–water partition coefficient (Wildman–Crippen LogP) is 1.43. The highest BCUT2D eigenvalue weighted by Gasteiger charge is 2.43. The number of pyridine rings is 1. The molecule has 1 unspecified atom stereocenters. The molecule has 1 saturated heterocycles. The molecule has 0 aliphatic carbocycles. The summed E-state index contributed by atoms with van der Waals surface area (Å²) in [6.45, 7) is 2.78. The second-order valence-corrected chi connectivity index (χ2v) is 7.20. The van der Waals surface area contributed by atoms with Crippen molar-refractivity contribution >= 4 is 35.1 Å². The van der Waals surface area contributed by atoms with Gasteiger partial charge in [-0.3, -0.25) is 14.5 Å². The third kappa shape index (κ3) is 4.87. The number of hydrogen-bond donors (Lipinski definition) is 3. The number of carbonyl (C=O) groups is 3. The van der Waals surface area contributed by atoms with Gasteiger partial charge >= 0.3 is 6.03 Å². The molecule has 4 amide bonds. The molecule has 4 N–H and O–H groups in total. The largest absolute Gasteiger partial charge is 0.351 e. The van der Waals surface area contributed by atoms with Crippen molar-refractivity contribution in [3.05, 3.63) is 58.9 Å². The van der Waals surface area contributed by atoms with E-state index in [4.69, 9.17) is 17.3 Å². The Balaban J connectivity index is 1.83. The Hall–Kier alpha value is -3.17. The minimum atomic E-state index is -1.11. The SMILES string of the molecule is Cc1cccc(NC(=O)N2CCN(C(=O)c3ccc(Cl)nc3)C2C(=O)NCCN)c1. The van der Waals surface area contributed by atoms with E-state index in [2.05, 4.69) is 15.6 Å². The van der Waals surface area contributed by atoms with E-state index in [1.165, 1.54) is 28.1 Å². The van der Waals surface area contributed by atoms with E-state index >= 15 is 0 Å². The molecular weight excluding hydrogens is 408 g/mol. The minimum absolute atomic E-state index is 0.198. The highest BCUT2D eigenvalue weighted by molar-refractivity contribution is 6.29. The second-order valence-electron chi connectivity index (χ2n) is 6.81. The fourth-order valence-corrected chi connectivity index (χ4v) is 3.32. The van der Waals surface area contributed by atoms with Crippen LogP contribution in [0.25, 0.3) is 0 Å². The van der Waals surface area contributed by atoms with Crippen LogP contribution in [0.3, 0.4) is 0 Å². The van der Waals surface area contributed by atoms with Crippen molar-refractivity contribution in [1.82, 2.24) is 20.1 Å². The summed E-state index contributed by atoms with van der Waals surface area (Å²) < 4.78 is 0. The predicted molar refractivity (Wildman–Crippen MR) is 113 cm³/mol. The van der Waals surface area contributed by atoms with Crippen molar-refractivity contribution in [1.29, 1.82) is 0 Å². The van der Waals surface area contributed by atoms with Gasteiger partial charge in [-0.25, -0.2) is 9.78 Å². The zero-order valence-corrected chi connectivity index (χ0v) is 17.2. The number of carbonyl (C=O) groups excluding carboxylic acids is 3. The first-order valence-corrected chi connectivity index (χ1v) is 9.83. The highest BCUT2D eigenvalue weighted by Crippen LogP contribution is 2.21. The third-order valence-corrected chi connectivity index (χ3v) is 4.84. The molecule has 30 heavy (non-hydrogen) atoms. The van der Waals surface area contributed by atoms with Crippen LogP contribution in [0, 0.1) is 6.92 Å². The van der Waals surface area contributed by atoms with Gasteiger partial charge in [0, 0.05) is 38.1 Å². The fourth-order valence-electron chi connectivity index (χ4n) is 3.21. The van der Waals surface area contributed by atoms with Gasteiger partial charge in [0.2, 0.25) is 0 Å². The van der Waals surface area contributed by atoms with E-state index in [1.807, 2.05) is 25.1 Å². The number of aryl methyl sites for hydroxylation is 1. The van der Waals surface area contributed by atoms with Crippen molar-refractivity contribution in [2.45, 2.75) is 13.1 Å². The molecule has 0 bridgehead atoms. The van der Waals surface area contributed by atoms with Crippen LogP contribution < -0.4 is 16.4 Å². The quantitative estimate of drug-likeness (QED) is 0.620. The minimum Gasteiger partial charge on any atom is -0.351 e. The van der Waals surface area contributed by atoms with Crippen LogP contribution in [-0.2, 0) is 4.79 Å². The number of nitrogens with two attached hydrogens (primary N) is 1. The average molecular weight is 431 g/mol. The molecule has 0 spiro atoms. The number of benzene rings is 1. The van der Waals surface area contributed by atoms with Gasteiger partial charge in [-0.15, -0.1) is 0 Å². The van der Waals surface area contributed by atoms with Gasteiger partial charge in [-0.2, -0.15) is 0 Å². The standard InChI is InChI=1S/C20H23ClN6O3/c1-13-3-2-4-15(11-13)25-20(30)27-10-9-26(18(27)17(28)23-8-7-22)19(29)14-5-6-16(21)24-12-14/h2-6,11-12,18H,7-10,22H2,1H3,(H,23,28)(H,25,30). The number of amides is 4. The first-order valence-electron chi connectivity index (χ1n) is 9.45. The number of aromatic nitrogens is 1. The molecule has 1 fully saturated rings. The van der Waals surface area contributed by atoms with E-state index in [9.17, 15) is 14.4 Å². The molecule has 1 aliphatic heterocycles. The number of nitrogens with one attached hydrogen (secondary N) is 2. The Morgan fingerprint density at radius 1 is 1.20 bits per heavy atom. The van der Waals surface area contributed by atoms with Crippen LogP contribution in [-0.4, -0.2) is 65.0 Å². The van der Waals surface area contributed by atoms with E-state index in [0.29, 0.717) is 5.69 Å². The Kier molecular flexibility index (Phi) is 6.86. The molecule has 2 aromatic rings. The highest BCUT2D eigenvalue weighted by atomic mass is 35.5. The summed E-state index contributed by atoms with van der Waals surface area (Å²) in [5.41, 5.74) is 7.34. The molecule has 2 heterocycles. The van der Waals surface area contributed by atoms with Gasteiger partial charge in [-0.1, -0.05) is 23.7 Å². The van der Waals surface area contributed by atoms with Crippen LogP contribution in [0.5, 0.6) is 0 Å². The number of urea groups is 1. The van der Waals surface area contributed by atoms with Crippen molar-refractivity contribution < 1.29 is 14.4 Å². The summed E-state index contributed by atoms with van der Waals surface area (Å²) in [6.07, 6.45) is 0.235. The van der Waals surface area contributed by atoms with Crippen molar-refractivity contribution in [2.24, 2.45) is 5.73 Å². The lowest BCUT2D eigenvalue weighted by atomic mass is 10.2. The normalized spacial score (nSPS) is 15.8. The number of halogens is 1. The third-order valence-electron chi connectivity index (χ3n) is 4.62. The lowest BCUT2D eigenvalue weighted by Gasteiger charge is -2.29. The number of hydrogen-bond acceptors (Lipinski definition) is 5. The van der Waals surface area contributed by atoms with Crippen LogP contribution in [0.4, 0.5) is 10.5 Å². The molecule has 1 atom stereocenters. The first-order chi connectivity index (χ1) is 14.4. The fraction of sp³-hybridized carbons (Fsp3) is 0.300. The molecule has 1 aliphatic rings. The zero-order chi connectivity index (χ0) is 21.7. The lowest BCUT2D eigenvalue weighted by molar-refractivity contribution is -0.127. The zero-order valence-electron chi connectivity index (χ0n) is 16.5. The summed E-state index contributed by atoms with van der Waals surface area (Å²) in [5.74, 6) is -0.898. The Morgan fingerprint density at radius 3 is 2.63 bits per heavy atom. The van der Waals surface area contributed by atoms with E-state index in [0.717, 1.165) is 5.56 Å². The van der Waals surface area contributed by atoms with Gasteiger partial charge < -0.3 is 21.3 Å². The van der Waals surface area contributed by atoms with Crippen molar-refractivity contribution in [3.63, 3.8) is 0 Å². The summed E-state index contributed by atoms with van der Waals surface area (Å²) >= 11 is 5.79. The maximum absolute atomic E-state index is 13.0. The molecule has 0 radical (unpaired) electrons. The average Bonchev–Trinajstić information content (AvgIpc) is 3.17. The summed E-state index contributed by atoms with van der Waals surface area (Å²) in [4.78, 5) is 45.3. The summed E-state index contributed by atoms with van der Waals surface area (Å²) in [6, 6.07) is 9.86. The van der Waals surface area contributed by atoms with Gasteiger partial charge in [0.25, 0.3) is 11.8 Å². The topological polar surface area (TPSA) is 121 Å². The number of rotatable bonds is 5. The van der Waals surface area contributed by atoms with Crippen LogP contribution in [0.1, 0.15) is 15.9 Å². The van der Waals surface area contributed by atoms with E-state index < -0.39 is 24.0 Å². The van der Waals surface area contributed by atoms with Gasteiger partial charge in [0.15, 0.2) is 6.17 Å². The summed E-state index contributed by atoms with van der Waals surface area (Å²) in [5, 5.41) is 5.70. The number of anilines is 1.